The predicted octanol–water partition coefficient (Wildman–Crippen LogP) is 3.19. The van der Waals surface area contributed by atoms with Crippen LogP contribution in [-0.2, 0) is 11.2 Å². The van der Waals surface area contributed by atoms with Crippen molar-refractivity contribution < 1.29 is 4.79 Å². The lowest BCUT2D eigenvalue weighted by molar-refractivity contribution is -0.134. The third kappa shape index (κ3) is 5.49. The van der Waals surface area contributed by atoms with Crippen LogP contribution in [-0.4, -0.2) is 49.0 Å². The highest BCUT2D eigenvalue weighted by atomic mass is 16.2. The van der Waals surface area contributed by atoms with Crippen LogP contribution in [0.4, 0.5) is 0 Å². The second kappa shape index (κ2) is 9.94. The van der Waals surface area contributed by atoms with Crippen molar-refractivity contribution in [2.45, 2.75) is 65.3 Å². The van der Waals surface area contributed by atoms with Gasteiger partial charge in [-0.05, 0) is 57.6 Å². The van der Waals surface area contributed by atoms with Gasteiger partial charge in [0.2, 0.25) is 5.91 Å². The van der Waals surface area contributed by atoms with Crippen LogP contribution < -0.4 is 10.6 Å². The van der Waals surface area contributed by atoms with Crippen molar-refractivity contribution in [2.24, 2.45) is 10.9 Å². The van der Waals surface area contributed by atoms with Gasteiger partial charge in [-0.3, -0.25) is 9.79 Å². The molecule has 1 saturated heterocycles. The van der Waals surface area contributed by atoms with E-state index in [4.69, 9.17) is 4.99 Å². The summed E-state index contributed by atoms with van der Waals surface area (Å²) in [6, 6.07) is 6.91. The predicted molar refractivity (Wildman–Crippen MR) is 116 cm³/mol. The topological polar surface area (TPSA) is 56.7 Å². The molecular weight excluding hydrogens is 348 g/mol. The zero-order chi connectivity index (χ0) is 19.9. The largest absolute Gasteiger partial charge is 0.357 e. The number of amides is 1. The van der Waals surface area contributed by atoms with Gasteiger partial charge in [-0.1, -0.05) is 36.6 Å². The molecule has 2 N–H and O–H groups in total. The zero-order valence-corrected chi connectivity index (χ0v) is 17.8. The SMILES string of the molecule is CCNC(=NCCc1ccc(C)cc1C)NC1CCN(C(=O)C2CCCC2)C1. The fourth-order valence-electron chi connectivity index (χ4n) is 4.44. The third-order valence-corrected chi connectivity index (χ3v) is 6.04. The van der Waals surface area contributed by atoms with Crippen molar-refractivity contribution in [3.63, 3.8) is 0 Å². The van der Waals surface area contributed by atoms with Crippen LogP contribution in [0.2, 0.25) is 0 Å². The summed E-state index contributed by atoms with van der Waals surface area (Å²) in [6.45, 7) is 9.66. The number of guanidine groups is 1. The molecule has 1 aliphatic heterocycles. The molecule has 0 aromatic heterocycles. The molecule has 0 spiro atoms. The maximum absolute atomic E-state index is 12.6. The third-order valence-electron chi connectivity index (χ3n) is 6.04. The zero-order valence-electron chi connectivity index (χ0n) is 17.8. The molecule has 3 rings (SSSR count). The highest BCUT2D eigenvalue weighted by molar-refractivity contribution is 5.81. The Bertz CT molecular complexity index is 694. The maximum Gasteiger partial charge on any atom is 0.225 e. The molecule has 1 heterocycles. The number of hydrogen-bond donors (Lipinski definition) is 2. The van der Waals surface area contributed by atoms with E-state index >= 15 is 0 Å². The lowest BCUT2D eigenvalue weighted by atomic mass is 10.0. The first kappa shape index (κ1) is 20.7. The number of likely N-dealkylation sites (tertiary alicyclic amines) is 1. The Kier molecular flexibility index (Phi) is 7.35. The van der Waals surface area contributed by atoms with Crippen LogP contribution in [0.25, 0.3) is 0 Å². The van der Waals surface area contributed by atoms with Crippen LogP contribution >= 0.6 is 0 Å². The highest BCUT2D eigenvalue weighted by Crippen LogP contribution is 2.27. The monoisotopic (exact) mass is 384 g/mol. The molecule has 1 amide bonds. The van der Waals surface area contributed by atoms with Gasteiger partial charge in [0.05, 0.1) is 0 Å². The first-order valence-corrected chi connectivity index (χ1v) is 11.0. The molecule has 5 nitrogen and oxygen atoms in total. The van der Waals surface area contributed by atoms with Crippen molar-refractivity contribution in [2.75, 3.05) is 26.2 Å². The molecule has 1 aliphatic carbocycles. The number of carbonyl (C=O) groups is 1. The van der Waals surface area contributed by atoms with Gasteiger partial charge in [-0.15, -0.1) is 0 Å². The van der Waals surface area contributed by atoms with Crippen LogP contribution in [0.1, 0.15) is 55.7 Å². The highest BCUT2D eigenvalue weighted by Gasteiger charge is 2.32. The standard InChI is InChI=1S/C23H36N4O/c1-4-24-23(25-13-11-19-10-9-17(2)15-18(19)3)26-21-12-14-27(16-21)22(28)20-7-5-6-8-20/h9-10,15,20-21H,4-8,11-14,16H2,1-3H3,(H2,24,25,26). The lowest BCUT2D eigenvalue weighted by Gasteiger charge is -2.21. The second-order valence-corrected chi connectivity index (χ2v) is 8.34. The van der Waals surface area contributed by atoms with Crippen LogP contribution in [0.15, 0.2) is 23.2 Å². The summed E-state index contributed by atoms with van der Waals surface area (Å²) in [5.74, 6) is 1.52. The number of nitrogens with zero attached hydrogens (tertiary/aromatic N) is 2. The van der Waals surface area contributed by atoms with E-state index in [1.807, 2.05) is 0 Å². The van der Waals surface area contributed by atoms with Crippen LogP contribution in [0.3, 0.4) is 0 Å². The molecule has 0 radical (unpaired) electrons. The number of nitrogens with one attached hydrogen (secondary N) is 2. The summed E-state index contributed by atoms with van der Waals surface area (Å²) in [4.78, 5) is 19.5. The van der Waals surface area contributed by atoms with E-state index in [2.05, 4.69) is 54.5 Å². The Morgan fingerprint density at radius 3 is 2.71 bits per heavy atom. The number of rotatable bonds is 6. The first-order chi connectivity index (χ1) is 13.6. The van der Waals surface area contributed by atoms with Gasteiger partial charge >= 0.3 is 0 Å². The average Bonchev–Trinajstić information content (AvgIpc) is 3.35. The second-order valence-electron chi connectivity index (χ2n) is 8.34. The van der Waals surface area contributed by atoms with Crippen LogP contribution in [0, 0.1) is 19.8 Å². The minimum atomic E-state index is 0.276. The molecule has 0 bridgehead atoms. The molecule has 1 saturated carbocycles. The number of hydrogen-bond acceptors (Lipinski definition) is 2. The van der Waals surface area contributed by atoms with E-state index in [0.29, 0.717) is 11.9 Å². The molecule has 1 aromatic rings. The van der Waals surface area contributed by atoms with Gasteiger partial charge in [0.15, 0.2) is 5.96 Å². The fourth-order valence-corrected chi connectivity index (χ4v) is 4.44. The van der Waals surface area contributed by atoms with Crippen molar-refractivity contribution in [3.05, 3.63) is 34.9 Å². The van der Waals surface area contributed by atoms with Gasteiger partial charge in [-0.2, -0.15) is 0 Å². The molecule has 1 unspecified atom stereocenters. The number of carbonyl (C=O) groups excluding carboxylic acids is 1. The summed E-state index contributed by atoms with van der Waals surface area (Å²) < 4.78 is 0. The molecule has 2 fully saturated rings. The smallest absolute Gasteiger partial charge is 0.225 e. The Morgan fingerprint density at radius 1 is 1.21 bits per heavy atom. The number of aliphatic imine (C=N–C) groups is 1. The summed E-state index contributed by atoms with van der Waals surface area (Å²) in [5, 5.41) is 6.90. The molecular formula is C23H36N4O. The molecule has 5 heteroatoms. The Hall–Kier alpha value is -2.04. The average molecular weight is 385 g/mol. The Labute approximate surface area is 170 Å². The number of aryl methyl sites for hydroxylation is 2. The fraction of sp³-hybridized carbons (Fsp3) is 0.652. The quantitative estimate of drug-likeness (QED) is 0.585. The van der Waals surface area contributed by atoms with Gasteiger partial charge in [-0.25, -0.2) is 0 Å². The van der Waals surface area contributed by atoms with Crippen molar-refractivity contribution in [1.82, 2.24) is 15.5 Å². The van der Waals surface area contributed by atoms with Gasteiger partial charge < -0.3 is 15.5 Å². The molecule has 154 valence electrons. The summed E-state index contributed by atoms with van der Waals surface area (Å²) in [7, 11) is 0. The normalized spacial score (nSPS) is 20.6. The van der Waals surface area contributed by atoms with Crippen molar-refractivity contribution in [1.29, 1.82) is 0 Å². The van der Waals surface area contributed by atoms with Gasteiger partial charge in [0.25, 0.3) is 0 Å². The minimum absolute atomic E-state index is 0.276. The van der Waals surface area contributed by atoms with Gasteiger partial charge in [0.1, 0.15) is 0 Å². The van der Waals surface area contributed by atoms with E-state index in [0.717, 1.165) is 57.8 Å². The Morgan fingerprint density at radius 2 is 2.00 bits per heavy atom. The molecule has 1 atom stereocenters. The van der Waals surface area contributed by atoms with Crippen molar-refractivity contribution >= 4 is 11.9 Å². The van der Waals surface area contributed by atoms with E-state index in [-0.39, 0.29) is 5.92 Å². The van der Waals surface area contributed by atoms with Crippen LogP contribution in [0.5, 0.6) is 0 Å². The Balaban J connectivity index is 1.51. The number of benzene rings is 1. The lowest BCUT2D eigenvalue weighted by Crippen LogP contribution is -2.45. The van der Waals surface area contributed by atoms with E-state index in [1.165, 1.54) is 29.5 Å². The van der Waals surface area contributed by atoms with Gasteiger partial charge in [0, 0.05) is 38.1 Å². The van der Waals surface area contributed by atoms with E-state index in [9.17, 15) is 4.79 Å². The summed E-state index contributed by atoms with van der Waals surface area (Å²) >= 11 is 0. The minimum Gasteiger partial charge on any atom is -0.357 e. The van der Waals surface area contributed by atoms with E-state index in [1.54, 1.807) is 0 Å². The summed E-state index contributed by atoms with van der Waals surface area (Å²) in [5.41, 5.74) is 4.00. The van der Waals surface area contributed by atoms with Crippen molar-refractivity contribution in [3.8, 4) is 0 Å². The molecule has 28 heavy (non-hydrogen) atoms. The molecule has 2 aliphatic rings. The maximum atomic E-state index is 12.6. The molecule has 1 aromatic carbocycles. The summed E-state index contributed by atoms with van der Waals surface area (Å²) in [6.07, 6.45) is 6.53. The van der Waals surface area contributed by atoms with E-state index < -0.39 is 0 Å². The first-order valence-electron chi connectivity index (χ1n) is 11.0.